The van der Waals surface area contributed by atoms with Crippen molar-refractivity contribution in [2.75, 3.05) is 0 Å². The van der Waals surface area contributed by atoms with Gasteiger partial charge in [-0.05, 0) is 6.07 Å². The molecular weight excluding hydrogens is 167 g/mol. The Morgan fingerprint density at radius 2 is 2.27 bits per heavy atom. The molecule has 0 saturated carbocycles. The second-order valence-corrected chi connectivity index (χ2v) is 2.30. The maximum absolute atomic E-state index is 12.7. The molecule has 0 bridgehead atoms. The van der Waals surface area contributed by atoms with E-state index in [1.807, 2.05) is 0 Å². The fraction of sp³-hybridized carbons (Fsp3) is 0. The average molecular weight is 173 g/mol. The first-order valence-electron chi connectivity index (χ1n) is 2.93. The Kier molecular flexibility index (Phi) is 2.44. The summed E-state index contributed by atoms with van der Waals surface area (Å²) in [6.45, 7) is 0. The summed E-state index contributed by atoms with van der Waals surface area (Å²) in [6, 6.07) is 4.44. The summed E-state index contributed by atoms with van der Waals surface area (Å²) < 4.78 is 12.7. The zero-order valence-corrected chi connectivity index (χ0v) is 6.35. The molecule has 0 fully saturated rings. The van der Waals surface area contributed by atoms with Gasteiger partial charge in [0.25, 0.3) is 0 Å². The van der Waals surface area contributed by atoms with Crippen LogP contribution in [0.1, 0.15) is 5.56 Å². The Hall–Kier alpha value is -1.09. The Morgan fingerprint density at radius 1 is 1.55 bits per heavy atom. The Morgan fingerprint density at radius 3 is 2.91 bits per heavy atom. The zero-order valence-electron chi connectivity index (χ0n) is 5.59. The van der Waals surface area contributed by atoms with Crippen LogP contribution in [0.2, 0.25) is 5.02 Å². The first kappa shape index (κ1) is 8.01. The quantitative estimate of drug-likeness (QED) is 0.391. The van der Waals surface area contributed by atoms with Crippen molar-refractivity contribution in [1.29, 1.82) is 0 Å². The molecule has 11 heavy (non-hydrogen) atoms. The first-order valence-corrected chi connectivity index (χ1v) is 3.31. The summed E-state index contributed by atoms with van der Waals surface area (Å²) in [6.07, 6.45) is 1.30. The van der Waals surface area contributed by atoms with Crippen LogP contribution in [-0.4, -0.2) is 6.21 Å². The lowest BCUT2D eigenvalue weighted by atomic mass is 10.2. The highest BCUT2D eigenvalue weighted by Gasteiger charge is 2.01. The van der Waals surface area contributed by atoms with Crippen LogP contribution in [0.4, 0.5) is 4.39 Å². The molecule has 58 valence electrons. The monoisotopic (exact) mass is 172 g/mol. The van der Waals surface area contributed by atoms with E-state index in [0.717, 1.165) is 0 Å². The summed E-state index contributed by atoms with van der Waals surface area (Å²) in [5.41, 5.74) is 0.481. The lowest BCUT2D eigenvalue weighted by Gasteiger charge is -1.96. The molecule has 2 nitrogen and oxygen atoms in total. The van der Waals surface area contributed by atoms with Crippen LogP contribution < -0.4 is 5.84 Å². The van der Waals surface area contributed by atoms with Gasteiger partial charge in [-0.2, -0.15) is 5.10 Å². The van der Waals surface area contributed by atoms with Crippen LogP contribution in [0, 0.1) is 5.82 Å². The summed E-state index contributed by atoms with van der Waals surface area (Å²) in [7, 11) is 0. The third-order valence-corrected chi connectivity index (χ3v) is 1.59. The van der Waals surface area contributed by atoms with Crippen LogP contribution in [0.25, 0.3) is 0 Å². The molecule has 0 saturated heterocycles. The number of nitrogens with two attached hydrogens (primary N) is 1. The van der Waals surface area contributed by atoms with Crippen molar-refractivity contribution in [1.82, 2.24) is 0 Å². The van der Waals surface area contributed by atoms with Crippen molar-refractivity contribution < 1.29 is 4.39 Å². The average Bonchev–Trinajstić information content (AvgIpc) is 1.99. The molecule has 1 rings (SSSR count). The third-order valence-electron chi connectivity index (χ3n) is 1.20. The van der Waals surface area contributed by atoms with E-state index in [9.17, 15) is 4.39 Å². The molecule has 0 radical (unpaired) electrons. The number of rotatable bonds is 1. The van der Waals surface area contributed by atoms with Crippen molar-refractivity contribution >= 4 is 17.8 Å². The van der Waals surface area contributed by atoms with Crippen LogP contribution in [0.3, 0.4) is 0 Å². The molecule has 0 heterocycles. The molecule has 0 aliphatic carbocycles. The van der Waals surface area contributed by atoms with E-state index < -0.39 is 5.82 Å². The summed E-state index contributed by atoms with van der Waals surface area (Å²) in [5.74, 6) is 4.40. The molecule has 0 aliphatic rings. The van der Waals surface area contributed by atoms with E-state index in [1.54, 1.807) is 6.07 Å². The molecule has 2 N–H and O–H groups in total. The summed E-state index contributed by atoms with van der Waals surface area (Å²) in [5, 5.41) is 3.28. The number of hydrogen-bond acceptors (Lipinski definition) is 2. The Bertz CT molecular complexity index is 286. The molecule has 4 heteroatoms. The van der Waals surface area contributed by atoms with Crippen molar-refractivity contribution in [3.05, 3.63) is 34.6 Å². The highest BCUT2D eigenvalue weighted by molar-refractivity contribution is 6.33. The van der Waals surface area contributed by atoms with Gasteiger partial charge in [-0.25, -0.2) is 4.39 Å². The molecule has 0 amide bonds. The van der Waals surface area contributed by atoms with Gasteiger partial charge in [0.15, 0.2) is 0 Å². The SMILES string of the molecule is NN=Cc1cccc(F)c1Cl. The third kappa shape index (κ3) is 1.68. The maximum atomic E-state index is 12.7. The summed E-state index contributed by atoms with van der Waals surface area (Å²) >= 11 is 5.55. The van der Waals surface area contributed by atoms with Crippen LogP contribution in [-0.2, 0) is 0 Å². The number of nitrogens with zero attached hydrogens (tertiary/aromatic N) is 1. The van der Waals surface area contributed by atoms with Crippen molar-refractivity contribution in [2.45, 2.75) is 0 Å². The fourth-order valence-electron chi connectivity index (χ4n) is 0.700. The van der Waals surface area contributed by atoms with E-state index in [4.69, 9.17) is 17.4 Å². The predicted molar refractivity (Wildman–Crippen MR) is 43.2 cm³/mol. The predicted octanol–water partition coefficient (Wildman–Crippen LogP) is 1.77. The van der Waals surface area contributed by atoms with Crippen LogP contribution in [0.15, 0.2) is 23.3 Å². The molecule has 0 unspecified atom stereocenters. The molecular formula is C7H6ClFN2. The van der Waals surface area contributed by atoms with Gasteiger partial charge in [0, 0.05) is 5.56 Å². The van der Waals surface area contributed by atoms with Gasteiger partial charge in [0.2, 0.25) is 0 Å². The minimum absolute atomic E-state index is 0.0432. The van der Waals surface area contributed by atoms with E-state index in [0.29, 0.717) is 5.56 Å². The highest BCUT2D eigenvalue weighted by atomic mass is 35.5. The minimum Gasteiger partial charge on any atom is -0.323 e. The van der Waals surface area contributed by atoms with E-state index in [-0.39, 0.29) is 5.02 Å². The van der Waals surface area contributed by atoms with E-state index in [2.05, 4.69) is 5.10 Å². The highest BCUT2D eigenvalue weighted by Crippen LogP contribution is 2.17. The molecule has 1 aromatic rings. The molecule has 1 aromatic carbocycles. The van der Waals surface area contributed by atoms with Crippen molar-refractivity contribution in [3.63, 3.8) is 0 Å². The smallest absolute Gasteiger partial charge is 0.142 e. The molecule has 0 aliphatic heterocycles. The van der Waals surface area contributed by atoms with E-state index in [1.165, 1.54) is 18.3 Å². The lowest BCUT2D eigenvalue weighted by molar-refractivity contribution is 0.628. The Labute approximate surface area is 68.5 Å². The summed E-state index contributed by atoms with van der Waals surface area (Å²) in [4.78, 5) is 0. The van der Waals surface area contributed by atoms with Crippen LogP contribution >= 0.6 is 11.6 Å². The number of halogens is 2. The Balaban J connectivity index is 3.16. The van der Waals surface area contributed by atoms with Crippen molar-refractivity contribution in [2.24, 2.45) is 10.9 Å². The molecule has 0 aromatic heterocycles. The van der Waals surface area contributed by atoms with Gasteiger partial charge >= 0.3 is 0 Å². The fourth-order valence-corrected chi connectivity index (χ4v) is 0.875. The minimum atomic E-state index is -0.468. The van der Waals surface area contributed by atoms with Crippen LogP contribution in [0.5, 0.6) is 0 Å². The maximum Gasteiger partial charge on any atom is 0.142 e. The largest absolute Gasteiger partial charge is 0.323 e. The standard InChI is InChI=1S/C7H6ClFN2/c8-7-5(4-11-10)2-1-3-6(7)9/h1-4H,10H2. The topological polar surface area (TPSA) is 38.4 Å². The zero-order chi connectivity index (χ0) is 8.27. The van der Waals surface area contributed by atoms with Gasteiger partial charge < -0.3 is 5.84 Å². The number of hydrogen-bond donors (Lipinski definition) is 1. The van der Waals surface area contributed by atoms with E-state index >= 15 is 0 Å². The first-order chi connectivity index (χ1) is 5.25. The number of hydrazone groups is 1. The van der Waals surface area contributed by atoms with Gasteiger partial charge in [0.1, 0.15) is 5.82 Å². The number of benzene rings is 1. The van der Waals surface area contributed by atoms with Gasteiger partial charge in [-0.15, -0.1) is 0 Å². The second-order valence-electron chi connectivity index (χ2n) is 1.92. The van der Waals surface area contributed by atoms with Gasteiger partial charge in [-0.3, -0.25) is 0 Å². The van der Waals surface area contributed by atoms with Gasteiger partial charge in [-0.1, -0.05) is 23.7 Å². The van der Waals surface area contributed by atoms with Gasteiger partial charge in [0.05, 0.1) is 11.2 Å². The normalized spacial score (nSPS) is 10.7. The second kappa shape index (κ2) is 3.34. The lowest BCUT2D eigenvalue weighted by Crippen LogP contribution is -1.89. The van der Waals surface area contributed by atoms with Crippen molar-refractivity contribution in [3.8, 4) is 0 Å². The molecule has 0 atom stereocenters. The molecule has 0 spiro atoms.